The van der Waals surface area contributed by atoms with E-state index in [-0.39, 0.29) is 11.4 Å². The lowest BCUT2D eigenvalue weighted by Gasteiger charge is -2.44. The van der Waals surface area contributed by atoms with Crippen molar-refractivity contribution in [3.63, 3.8) is 0 Å². The molecular formula is C19H29N3O2. The minimum Gasteiger partial charge on any atom is -0.365 e. The summed E-state index contributed by atoms with van der Waals surface area (Å²) in [6, 6.07) is 0. The normalized spacial score (nSPS) is 31.3. The third-order valence-corrected chi connectivity index (χ3v) is 6.18. The number of rotatable bonds is 4. The molecule has 2 bridgehead atoms. The Kier molecular flexibility index (Phi) is 3.75. The average molecular weight is 331 g/mol. The van der Waals surface area contributed by atoms with Crippen LogP contribution in [0.15, 0.2) is 12.4 Å². The van der Waals surface area contributed by atoms with Gasteiger partial charge in [0.25, 0.3) is 5.91 Å². The summed E-state index contributed by atoms with van der Waals surface area (Å²) in [7, 11) is 0. The van der Waals surface area contributed by atoms with Crippen molar-refractivity contribution in [2.24, 2.45) is 11.8 Å². The summed E-state index contributed by atoms with van der Waals surface area (Å²) in [6.07, 6.45) is 9.08. The van der Waals surface area contributed by atoms with E-state index in [9.17, 15) is 4.79 Å². The van der Waals surface area contributed by atoms with E-state index >= 15 is 0 Å². The second kappa shape index (κ2) is 5.58. The van der Waals surface area contributed by atoms with E-state index in [1.54, 1.807) is 0 Å². The Hall–Kier alpha value is -1.36. The predicted octanol–water partition coefficient (Wildman–Crippen LogP) is 2.60. The largest absolute Gasteiger partial charge is 0.365 e. The maximum absolute atomic E-state index is 12.8. The van der Waals surface area contributed by atoms with Crippen LogP contribution in [-0.2, 0) is 21.5 Å². The number of carbonyl (C=O) groups is 1. The number of nitrogens with zero attached hydrogens (tertiary/aromatic N) is 3. The molecule has 132 valence electrons. The molecule has 5 nitrogen and oxygen atoms in total. The Balaban J connectivity index is 1.39. The van der Waals surface area contributed by atoms with Gasteiger partial charge in [0.15, 0.2) is 0 Å². The SMILES string of the molecule is CC(C)Cc1cnn(C2(C)CCN(C(=O)C34CC(CO3)C4)CC2)c1. The molecule has 0 atom stereocenters. The zero-order valence-corrected chi connectivity index (χ0v) is 15.1. The minimum absolute atomic E-state index is 0.0162. The van der Waals surface area contributed by atoms with Gasteiger partial charge < -0.3 is 9.64 Å². The van der Waals surface area contributed by atoms with E-state index in [2.05, 4.69) is 36.7 Å². The maximum Gasteiger partial charge on any atom is 0.254 e. The van der Waals surface area contributed by atoms with Gasteiger partial charge in [-0.1, -0.05) is 13.8 Å². The fraction of sp³-hybridized carbons (Fsp3) is 0.789. The molecule has 4 fully saturated rings. The van der Waals surface area contributed by atoms with Gasteiger partial charge in [0.1, 0.15) is 5.60 Å². The van der Waals surface area contributed by atoms with Crippen molar-refractivity contribution in [2.45, 2.75) is 64.0 Å². The topological polar surface area (TPSA) is 47.4 Å². The molecule has 1 aromatic heterocycles. The van der Waals surface area contributed by atoms with E-state index in [0.29, 0.717) is 11.8 Å². The first kappa shape index (κ1) is 16.1. The smallest absolute Gasteiger partial charge is 0.254 e. The molecule has 3 saturated heterocycles. The quantitative estimate of drug-likeness (QED) is 0.852. The summed E-state index contributed by atoms with van der Waals surface area (Å²) in [6.45, 7) is 9.14. The van der Waals surface area contributed by atoms with Crippen LogP contribution in [0.4, 0.5) is 0 Å². The number of aromatic nitrogens is 2. The first-order valence-corrected chi connectivity index (χ1v) is 9.38. The minimum atomic E-state index is -0.450. The number of ether oxygens (including phenoxy) is 1. The first-order chi connectivity index (χ1) is 11.4. The van der Waals surface area contributed by atoms with Crippen LogP contribution in [0, 0.1) is 11.8 Å². The molecule has 4 aliphatic rings. The molecule has 4 heterocycles. The van der Waals surface area contributed by atoms with Gasteiger partial charge in [0, 0.05) is 19.3 Å². The van der Waals surface area contributed by atoms with Gasteiger partial charge in [-0.25, -0.2) is 0 Å². The van der Waals surface area contributed by atoms with Crippen LogP contribution in [0.5, 0.6) is 0 Å². The fourth-order valence-corrected chi connectivity index (χ4v) is 4.56. The predicted molar refractivity (Wildman–Crippen MR) is 91.6 cm³/mol. The number of amides is 1. The second-order valence-corrected chi connectivity index (χ2v) is 8.76. The van der Waals surface area contributed by atoms with E-state index < -0.39 is 5.60 Å². The summed E-state index contributed by atoms with van der Waals surface area (Å²) in [5.41, 5.74) is 0.875. The van der Waals surface area contributed by atoms with Crippen LogP contribution in [0.1, 0.15) is 52.0 Å². The zero-order chi connectivity index (χ0) is 16.9. The molecule has 1 saturated carbocycles. The van der Waals surface area contributed by atoms with Crippen molar-refractivity contribution in [3.8, 4) is 0 Å². The highest BCUT2D eigenvalue weighted by atomic mass is 16.5. The lowest BCUT2D eigenvalue weighted by atomic mass is 9.73. The van der Waals surface area contributed by atoms with Gasteiger partial charge >= 0.3 is 0 Å². The van der Waals surface area contributed by atoms with Crippen molar-refractivity contribution in [3.05, 3.63) is 18.0 Å². The number of piperidine rings is 1. The van der Waals surface area contributed by atoms with Crippen molar-refractivity contribution in [2.75, 3.05) is 19.7 Å². The Morgan fingerprint density at radius 2 is 2.08 bits per heavy atom. The van der Waals surface area contributed by atoms with E-state index in [0.717, 1.165) is 51.8 Å². The molecule has 0 radical (unpaired) electrons. The molecule has 24 heavy (non-hydrogen) atoms. The van der Waals surface area contributed by atoms with Gasteiger partial charge in [0.2, 0.25) is 0 Å². The highest BCUT2D eigenvalue weighted by molar-refractivity contribution is 5.87. The lowest BCUT2D eigenvalue weighted by molar-refractivity contribution is -0.157. The monoisotopic (exact) mass is 331 g/mol. The Morgan fingerprint density at radius 1 is 1.38 bits per heavy atom. The molecule has 5 rings (SSSR count). The van der Waals surface area contributed by atoms with E-state index in [1.807, 2.05) is 11.1 Å². The average Bonchev–Trinajstić information content (AvgIpc) is 3.21. The summed E-state index contributed by atoms with van der Waals surface area (Å²) in [4.78, 5) is 14.8. The lowest BCUT2D eigenvalue weighted by Crippen LogP contribution is -2.56. The van der Waals surface area contributed by atoms with Gasteiger partial charge in [-0.05, 0) is 56.4 Å². The summed E-state index contributed by atoms with van der Waals surface area (Å²) >= 11 is 0. The highest BCUT2D eigenvalue weighted by Gasteiger charge is 2.58. The van der Waals surface area contributed by atoms with E-state index in [4.69, 9.17) is 4.74 Å². The molecule has 5 heteroatoms. The Morgan fingerprint density at radius 3 is 2.67 bits per heavy atom. The molecule has 0 spiro atoms. The van der Waals surface area contributed by atoms with Crippen LogP contribution in [0.3, 0.4) is 0 Å². The van der Waals surface area contributed by atoms with Crippen LogP contribution >= 0.6 is 0 Å². The number of fused-ring (bicyclic) bond motifs is 1. The van der Waals surface area contributed by atoms with Crippen LogP contribution in [-0.4, -0.2) is 45.9 Å². The zero-order valence-electron chi connectivity index (χ0n) is 15.1. The molecular weight excluding hydrogens is 302 g/mol. The number of carbonyl (C=O) groups excluding carboxylic acids is 1. The first-order valence-electron chi connectivity index (χ1n) is 9.38. The van der Waals surface area contributed by atoms with Crippen molar-refractivity contribution in [1.82, 2.24) is 14.7 Å². The fourth-order valence-electron chi connectivity index (χ4n) is 4.56. The summed E-state index contributed by atoms with van der Waals surface area (Å²) in [5.74, 6) is 1.51. The molecule has 1 aromatic rings. The van der Waals surface area contributed by atoms with Crippen LogP contribution in [0.25, 0.3) is 0 Å². The van der Waals surface area contributed by atoms with Crippen molar-refractivity contribution < 1.29 is 9.53 Å². The third kappa shape index (κ3) is 2.57. The molecule has 0 aromatic carbocycles. The highest BCUT2D eigenvalue weighted by Crippen LogP contribution is 2.49. The van der Waals surface area contributed by atoms with Gasteiger partial charge in [0.05, 0.1) is 18.3 Å². The Bertz CT molecular complexity index is 617. The third-order valence-electron chi connectivity index (χ3n) is 6.18. The summed E-state index contributed by atoms with van der Waals surface area (Å²) in [5, 5.41) is 4.62. The van der Waals surface area contributed by atoms with Crippen molar-refractivity contribution in [1.29, 1.82) is 0 Å². The van der Waals surface area contributed by atoms with Crippen molar-refractivity contribution >= 4 is 5.91 Å². The molecule has 1 amide bonds. The Labute approximate surface area is 144 Å². The van der Waals surface area contributed by atoms with Gasteiger partial charge in [-0.3, -0.25) is 9.48 Å². The standard InChI is InChI=1S/C19H29N3O2/c1-14(2)8-15-11-20-22(12-15)18(3)4-6-21(7-5-18)17(23)19-9-16(10-19)13-24-19/h11-12,14,16H,4-10,13H2,1-3H3. The molecule has 0 unspecified atom stereocenters. The van der Waals surface area contributed by atoms with Crippen LogP contribution < -0.4 is 0 Å². The second-order valence-electron chi connectivity index (χ2n) is 8.76. The molecule has 1 aliphatic carbocycles. The molecule has 3 aliphatic heterocycles. The van der Waals surface area contributed by atoms with Gasteiger partial charge in [-0.15, -0.1) is 0 Å². The van der Waals surface area contributed by atoms with Gasteiger partial charge in [-0.2, -0.15) is 5.10 Å². The summed E-state index contributed by atoms with van der Waals surface area (Å²) < 4.78 is 7.93. The van der Waals surface area contributed by atoms with E-state index in [1.165, 1.54) is 5.56 Å². The number of hydrogen-bond acceptors (Lipinski definition) is 3. The maximum atomic E-state index is 12.8. The molecule has 0 N–H and O–H groups in total. The number of likely N-dealkylation sites (tertiary alicyclic amines) is 1. The van der Waals surface area contributed by atoms with Crippen LogP contribution in [0.2, 0.25) is 0 Å². The number of hydrogen-bond donors (Lipinski definition) is 0.